The molecular formula is C13H17FN4. The summed E-state index contributed by atoms with van der Waals surface area (Å²) < 4.78 is 13.5. The summed E-state index contributed by atoms with van der Waals surface area (Å²) in [6.45, 7) is 5.61. The van der Waals surface area contributed by atoms with Crippen LogP contribution in [0.1, 0.15) is 25.0 Å². The van der Waals surface area contributed by atoms with Gasteiger partial charge in [-0.05, 0) is 32.0 Å². The molecule has 0 aliphatic rings. The van der Waals surface area contributed by atoms with Crippen molar-refractivity contribution in [2.75, 3.05) is 13.1 Å². The van der Waals surface area contributed by atoms with Gasteiger partial charge < -0.3 is 10.6 Å². The van der Waals surface area contributed by atoms with Crippen LogP contribution in [0.15, 0.2) is 23.2 Å². The van der Waals surface area contributed by atoms with E-state index in [4.69, 9.17) is 5.26 Å². The summed E-state index contributed by atoms with van der Waals surface area (Å²) in [6, 6.07) is 6.26. The zero-order chi connectivity index (χ0) is 13.4. The second-order valence-corrected chi connectivity index (χ2v) is 3.64. The Kier molecular flexibility index (Phi) is 5.65. The minimum absolute atomic E-state index is 0.205. The lowest BCUT2D eigenvalue weighted by Crippen LogP contribution is -2.37. The number of aliphatic imine (C=N–C) groups is 1. The van der Waals surface area contributed by atoms with Crippen LogP contribution >= 0.6 is 0 Å². The maximum Gasteiger partial charge on any atom is 0.191 e. The fourth-order valence-corrected chi connectivity index (χ4v) is 1.44. The molecule has 0 aliphatic carbocycles. The largest absolute Gasteiger partial charge is 0.357 e. The normalized spacial score (nSPS) is 9.44. The van der Waals surface area contributed by atoms with Gasteiger partial charge in [0.2, 0.25) is 0 Å². The molecule has 0 aromatic heterocycles. The van der Waals surface area contributed by atoms with Gasteiger partial charge >= 0.3 is 0 Å². The van der Waals surface area contributed by atoms with Crippen LogP contribution in [-0.2, 0) is 6.54 Å². The van der Waals surface area contributed by atoms with Crippen molar-refractivity contribution in [3.63, 3.8) is 0 Å². The lowest BCUT2D eigenvalue weighted by molar-refractivity contribution is 0.610. The molecule has 0 fully saturated rings. The van der Waals surface area contributed by atoms with Crippen molar-refractivity contribution in [2.45, 2.75) is 20.4 Å². The fraction of sp³-hybridized carbons (Fsp3) is 0.385. The van der Waals surface area contributed by atoms with E-state index in [9.17, 15) is 4.39 Å². The molecule has 96 valence electrons. The second kappa shape index (κ2) is 7.28. The number of benzene rings is 1. The van der Waals surface area contributed by atoms with Gasteiger partial charge in [0, 0.05) is 18.7 Å². The minimum atomic E-state index is -0.343. The zero-order valence-corrected chi connectivity index (χ0v) is 10.6. The van der Waals surface area contributed by atoms with Crippen molar-refractivity contribution in [2.24, 2.45) is 4.99 Å². The quantitative estimate of drug-likeness (QED) is 0.630. The lowest BCUT2D eigenvalue weighted by Gasteiger charge is -2.09. The van der Waals surface area contributed by atoms with Gasteiger partial charge in [-0.2, -0.15) is 5.26 Å². The summed E-state index contributed by atoms with van der Waals surface area (Å²) >= 11 is 0. The predicted molar refractivity (Wildman–Crippen MR) is 69.6 cm³/mol. The first kappa shape index (κ1) is 14.0. The van der Waals surface area contributed by atoms with E-state index >= 15 is 0 Å². The number of hydrogen-bond donors (Lipinski definition) is 2. The Morgan fingerprint density at radius 2 is 2.00 bits per heavy atom. The van der Waals surface area contributed by atoms with Crippen molar-refractivity contribution in [1.29, 1.82) is 5.26 Å². The molecule has 2 N–H and O–H groups in total. The average molecular weight is 248 g/mol. The van der Waals surface area contributed by atoms with Crippen LogP contribution in [0.3, 0.4) is 0 Å². The second-order valence-electron chi connectivity index (χ2n) is 3.64. The highest BCUT2D eigenvalue weighted by atomic mass is 19.1. The first-order valence-electron chi connectivity index (χ1n) is 5.92. The number of halogens is 1. The molecule has 0 unspecified atom stereocenters. The van der Waals surface area contributed by atoms with Crippen molar-refractivity contribution >= 4 is 5.96 Å². The molecule has 0 spiro atoms. The van der Waals surface area contributed by atoms with Crippen LogP contribution in [0.5, 0.6) is 0 Å². The molecule has 1 aromatic rings. The SMILES string of the molecule is CCNC(=NCc1cc(C#N)ccc1F)NCC. The summed E-state index contributed by atoms with van der Waals surface area (Å²) in [5.74, 6) is 0.298. The van der Waals surface area contributed by atoms with Gasteiger partial charge in [0.1, 0.15) is 5.82 Å². The Morgan fingerprint density at radius 1 is 1.33 bits per heavy atom. The third kappa shape index (κ3) is 4.06. The van der Waals surface area contributed by atoms with Crippen LogP contribution in [0.2, 0.25) is 0 Å². The highest BCUT2D eigenvalue weighted by Gasteiger charge is 2.03. The zero-order valence-electron chi connectivity index (χ0n) is 10.6. The van der Waals surface area contributed by atoms with Crippen molar-refractivity contribution in [1.82, 2.24) is 10.6 Å². The van der Waals surface area contributed by atoms with Crippen LogP contribution < -0.4 is 10.6 Å². The first-order valence-corrected chi connectivity index (χ1v) is 5.92. The standard InChI is InChI=1S/C13H17FN4/c1-3-16-13(17-4-2)18-9-11-7-10(8-15)5-6-12(11)14/h5-7H,3-4,9H2,1-2H3,(H2,16,17,18). The number of guanidine groups is 1. The van der Waals surface area contributed by atoms with Gasteiger partial charge in [-0.1, -0.05) is 0 Å². The molecule has 1 aromatic carbocycles. The van der Waals surface area contributed by atoms with E-state index in [0.29, 0.717) is 17.1 Å². The third-order valence-corrected chi connectivity index (χ3v) is 2.27. The highest BCUT2D eigenvalue weighted by Crippen LogP contribution is 2.11. The Labute approximate surface area is 107 Å². The maximum atomic E-state index is 13.5. The number of nitriles is 1. The smallest absolute Gasteiger partial charge is 0.191 e. The summed E-state index contributed by atoms with van der Waals surface area (Å²) in [6.07, 6.45) is 0. The predicted octanol–water partition coefficient (Wildman–Crippen LogP) is 1.77. The molecule has 0 saturated heterocycles. The van der Waals surface area contributed by atoms with E-state index in [1.54, 1.807) is 0 Å². The van der Waals surface area contributed by atoms with E-state index < -0.39 is 0 Å². The summed E-state index contributed by atoms with van der Waals surface area (Å²) in [5.41, 5.74) is 0.859. The van der Waals surface area contributed by atoms with Gasteiger partial charge in [0.05, 0.1) is 18.2 Å². The Balaban J connectivity index is 2.82. The molecule has 0 radical (unpaired) electrons. The number of nitrogens with zero attached hydrogens (tertiary/aromatic N) is 2. The molecule has 0 atom stereocenters. The van der Waals surface area contributed by atoms with Crippen LogP contribution in [-0.4, -0.2) is 19.0 Å². The van der Waals surface area contributed by atoms with Gasteiger partial charge in [-0.15, -0.1) is 0 Å². The molecule has 0 amide bonds. The molecule has 0 aliphatic heterocycles. The first-order chi connectivity index (χ1) is 8.71. The molecule has 0 bridgehead atoms. The Bertz CT molecular complexity index is 455. The van der Waals surface area contributed by atoms with Crippen molar-refractivity contribution in [3.8, 4) is 6.07 Å². The van der Waals surface area contributed by atoms with Gasteiger partial charge in [0.25, 0.3) is 0 Å². The molecular weight excluding hydrogens is 231 g/mol. The van der Waals surface area contributed by atoms with Crippen molar-refractivity contribution < 1.29 is 4.39 Å². The lowest BCUT2D eigenvalue weighted by atomic mass is 10.1. The van der Waals surface area contributed by atoms with Gasteiger partial charge in [-0.3, -0.25) is 0 Å². The third-order valence-electron chi connectivity index (χ3n) is 2.27. The highest BCUT2D eigenvalue weighted by molar-refractivity contribution is 5.79. The summed E-state index contributed by atoms with van der Waals surface area (Å²) in [5, 5.41) is 14.9. The Morgan fingerprint density at radius 3 is 2.56 bits per heavy atom. The van der Waals surface area contributed by atoms with Crippen LogP contribution in [0.25, 0.3) is 0 Å². The summed E-state index contributed by atoms with van der Waals surface area (Å²) in [4.78, 5) is 4.25. The Hall–Kier alpha value is -2.09. The van der Waals surface area contributed by atoms with E-state index in [0.717, 1.165) is 13.1 Å². The van der Waals surface area contributed by atoms with Gasteiger partial charge in [-0.25, -0.2) is 9.38 Å². The van der Waals surface area contributed by atoms with Gasteiger partial charge in [0.15, 0.2) is 5.96 Å². The van der Waals surface area contributed by atoms with Crippen LogP contribution in [0.4, 0.5) is 4.39 Å². The fourth-order valence-electron chi connectivity index (χ4n) is 1.44. The average Bonchev–Trinajstić information content (AvgIpc) is 2.38. The number of hydrogen-bond acceptors (Lipinski definition) is 2. The molecule has 18 heavy (non-hydrogen) atoms. The maximum absolute atomic E-state index is 13.5. The van der Waals surface area contributed by atoms with Crippen LogP contribution in [0, 0.1) is 17.1 Å². The topological polar surface area (TPSA) is 60.2 Å². The monoisotopic (exact) mass is 248 g/mol. The number of nitrogens with one attached hydrogen (secondary N) is 2. The molecule has 0 heterocycles. The summed E-state index contributed by atoms with van der Waals surface area (Å²) in [7, 11) is 0. The van der Waals surface area contributed by atoms with E-state index in [1.807, 2.05) is 19.9 Å². The molecule has 4 nitrogen and oxygen atoms in total. The molecule has 1 rings (SSSR count). The van der Waals surface area contributed by atoms with Crippen molar-refractivity contribution in [3.05, 3.63) is 35.1 Å². The van der Waals surface area contributed by atoms with E-state index in [-0.39, 0.29) is 12.4 Å². The van der Waals surface area contributed by atoms with E-state index in [2.05, 4.69) is 15.6 Å². The van der Waals surface area contributed by atoms with E-state index in [1.165, 1.54) is 18.2 Å². The molecule has 5 heteroatoms. The molecule has 0 saturated carbocycles. The minimum Gasteiger partial charge on any atom is -0.357 e. The number of rotatable bonds is 4.